The largest absolute Gasteiger partial charge is 0.324 e. The van der Waals surface area contributed by atoms with E-state index in [0.717, 1.165) is 13.0 Å². The smallest absolute Gasteiger partial charge is 0.241 e. The van der Waals surface area contributed by atoms with E-state index in [4.69, 9.17) is 0 Å². The number of hydrogen-bond acceptors (Lipinski definition) is 2. The third-order valence-corrected chi connectivity index (χ3v) is 4.23. The highest BCUT2D eigenvalue weighted by atomic mass is 16.2. The molecule has 0 N–H and O–H groups in total. The molecule has 0 spiro atoms. The molecule has 96 valence electrons. The molecule has 2 aliphatic rings. The maximum absolute atomic E-state index is 12.3. The monoisotopic (exact) mass is 244 g/mol. The molecule has 1 aromatic rings. The van der Waals surface area contributed by atoms with E-state index in [9.17, 15) is 4.79 Å². The van der Waals surface area contributed by atoms with Gasteiger partial charge in [-0.2, -0.15) is 0 Å². The maximum atomic E-state index is 12.3. The molecule has 2 saturated heterocycles. The molecule has 0 aliphatic carbocycles. The number of benzene rings is 1. The van der Waals surface area contributed by atoms with Gasteiger partial charge in [0.1, 0.15) is 6.17 Å². The van der Waals surface area contributed by atoms with Crippen molar-refractivity contribution in [1.82, 2.24) is 9.80 Å². The van der Waals surface area contributed by atoms with Crippen LogP contribution in [0.5, 0.6) is 0 Å². The van der Waals surface area contributed by atoms with E-state index < -0.39 is 0 Å². The molecule has 0 saturated carbocycles. The first-order valence-corrected chi connectivity index (χ1v) is 6.77. The molecule has 2 unspecified atom stereocenters. The van der Waals surface area contributed by atoms with E-state index in [2.05, 4.69) is 36.1 Å². The summed E-state index contributed by atoms with van der Waals surface area (Å²) < 4.78 is 0. The molecule has 1 aromatic carbocycles. The van der Waals surface area contributed by atoms with Crippen LogP contribution in [0.25, 0.3) is 0 Å². The molecule has 0 aromatic heterocycles. The van der Waals surface area contributed by atoms with Crippen molar-refractivity contribution >= 4 is 5.91 Å². The number of rotatable bonds is 1. The molecule has 18 heavy (non-hydrogen) atoms. The Kier molecular flexibility index (Phi) is 2.86. The van der Waals surface area contributed by atoms with E-state index in [1.54, 1.807) is 0 Å². The van der Waals surface area contributed by atoms with Gasteiger partial charge >= 0.3 is 0 Å². The fourth-order valence-corrected chi connectivity index (χ4v) is 3.24. The van der Waals surface area contributed by atoms with Crippen molar-refractivity contribution in [3.63, 3.8) is 0 Å². The molecule has 3 heteroatoms. The van der Waals surface area contributed by atoms with Crippen molar-refractivity contribution in [3.8, 4) is 0 Å². The van der Waals surface area contributed by atoms with Crippen LogP contribution >= 0.6 is 0 Å². The number of likely N-dealkylation sites (N-methyl/N-ethyl adjacent to an activating group) is 1. The first kappa shape index (κ1) is 11.7. The topological polar surface area (TPSA) is 23.6 Å². The molecule has 1 amide bonds. The Bertz CT molecular complexity index is 454. The quantitative estimate of drug-likeness (QED) is 0.757. The molecule has 2 fully saturated rings. The zero-order valence-electron chi connectivity index (χ0n) is 11.1. The van der Waals surface area contributed by atoms with Gasteiger partial charge in [-0.1, -0.05) is 36.2 Å². The average Bonchev–Trinajstić information content (AvgIpc) is 2.64. The minimum absolute atomic E-state index is 0.120. The van der Waals surface area contributed by atoms with E-state index >= 15 is 0 Å². The van der Waals surface area contributed by atoms with Crippen molar-refractivity contribution in [1.29, 1.82) is 0 Å². The van der Waals surface area contributed by atoms with E-state index in [0.29, 0.717) is 5.91 Å². The van der Waals surface area contributed by atoms with Crippen molar-refractivity contribution in [2.24, 2.45) is 0 Å². The van der Waals surface area contributed by atoms with E-state index in [-0.39, 0.29) is 12.2 Å². The fraction of sp³-hybridized carbons (Fsp3) is 0.533. The molecule has 2 aliphatic heterocycles. The molecule has 3 rings (SSSR count). The lowest BCUT2D eigenvalue weighted by Crippen LogP contribution is -2.38. The minimum atomic E-state index is 0.120. The van der Waals surface area contributed by atoms with Gasteiger partial charge in [-0.05, 0) is 25.3 Å². The van der Waals surface area contributed by atoms with Crippen LogP contribution in [0.1, 0.15) is 36.6 Å². The Hall–Kier alpha value is -1.35. The first-order valence-electron chi connectivity index (χ1n) is 6.77. The van der Waals surface area contributed by atoms with Crippen molar-refractivity contribution in [2.45, 2.75) is 38.4 Å². The molecule has 0 bridgehead atoms. The lowest BCUT2D eigenvalue weighted by atomic mass is 10.0. The Morgan fingerprint density at radius 1 is 1.17 bits per heavy atom. The van der Waals surface area contributed by atoms with Gasteiger partial charge in [-0.15, -0.1) is 0 Å². The molecule has 0 radical (unpaired) electrons. The van der Waals surface area contributed by atoms with Gasteiger partial charge in [0.05, 0.1) is 6.04 Å². The number of amides is 1. The SMILES string of the molecule is Cc1ccc(C2N(C)C(=O)C3CCCCN32)cc1. The van der Waals surface area contributed by atoms with Crippen LogP contribution in [-0.2, 0) is 4.79 Å². The predicted molar refractivity (Wildman–Crippen MR) is 71.0 cm³/mol. The standard InChI is InChI=1S/C15H20N2O/c1-11-6-8-12(9-7-11)14-16(2)15(18)13-5-3-4-10-17(13)14/h6-9,13-14H,3-5,10H2,1-2H3. The van der Waals surface area contributed by atoms with Crippen molar-refractivity contribution in [3.05, 3.63) is 35.4 Å². The molecular weight excluding hydrogens is 224 g/mol. The van der Waals surface area contributed by atoms with Gasteiger partial charge in [0.2, 0.25) is 5.91 Å². The van der Waals surface area contributed by atoms with Gasteiger partial charge in [0.15, 0.2) is 0 Å². The van der Waals surface area contributed by atoms with Gasteiger partial charge in [0, 0.05) is 13.6 Å². The van der Waals surface area contributed by atoms with E-state index in [1.807, 2.05) is 11.9 Å². The lowest BCUT2D eigenvalue weighted by molar-refractivity contribution is -0.129. The Morgan fingerprint density at radius 2 is 1.89 bits per heavy atom. The zero-order chi connectivity index (χ0) is 12.7. The van der Waals surface area contributed by atoms with Crippen LogP contribution in [0.4, 0.5) is 0 Å². The Morgan fingerprint density at radius 3 is 2.61 bits per heavy atom. The number of piperidine rings is 1. The van der Waals surface area contributed by atoms with Crippen LogP contribution in [0.15, 0.2) is 24.3 Å². The van der Waals surface area contributed by atoms with Crippen LogP contribution in [-0.4, -0.2) is 35.3 Å². The second-order valence-corrected chi connectivity index (χ2v) is 5.48. The number of carbonyl (C=O) groups excluding carboxylic acids is 1. The average molecular weight is 244 g/mol. The summed E-state index contributed by atoms with van der Waals surface area (Å²) >= 11 is 0. The normalized spacial score (nSPS) is 28.6. The lowest BCUT2D eigenvalue weighted by Gasteiger charge is -2.32. The summed E-state index contributed by atoms with van der Waals surface area (Å²) in [4.78, 5) is 16.6. The summed E-state index contributed by atoms with van der Waals surface area (Å²) in [5, 5.41) is 0. The van der Waals surface area contributed by atoms with Gasteiger partial charge in [-0.3, -0.25) is 9.69 Å². The second kappa shape index (κ2) is 4.39. The summed E-state index contributed by atoms with van der Waals surface area (Å²) in [5.41, 5.74) is 2.50. The number of nitrogens with zero attached hydrogens (tertiary/aromatic N) is 2. The van der Waals surface area contributed by atoms with Crippen molar-refractivity contribution in [2.75, 3.05) is 13.6 Å². The Balaban J connectivity index is 1.95. The zero-order valence-corrected chi connectivity index (χ0v) is 11.1. The highest BCUT2D eigenvalue weighted by molar-refractivity contribution is 5.84. The van der Waals surface area contributed by atoms with Crippen LogP contribution in [0.2, 0.25) is 0 Å². The van der Waals surface area contributed by atoms with Crippen LogP contribution in [0, 0.1) is 6.92 Å². The molecule has 2 atom stereocenters. The van der Waals surface area contributed by atoms with Gasteiger partial charge in [-0.25, -0.2) is 0 Å². The third kappa shape index (κ3) is 1.74. The summed E-state index contributed by atoms with van der Waals surface area (Å²) in [7, 11) is 1.94. The highest BCUT2D eigenvalue weighted by Gasteiger charge is 2.45. The third-order valence-electron chi connectivity index (χ3n) is 4.23. The molecular formula is C15H20N2O. The fourth-order valence-electron chi connectivity index (χ4n) is 3.24. The Labute approximate surface area is 108 Å². The number of aryl methyl sites for hydroxylation is 1. The molecule has 3 nitrogen and oxygen atoms in total. The summed E-state index contributed by atoms with van der Waals surface area (Å²) in [5.74, 6) is 0.292. The number of hydrogen-bond donors (Lipinski definition) is 0. The summed E-state index contributed by atoms with van der Waals surface area (Å²) in [6.07, 6.45) is 3.55. The van der Waals surface area contributed by atoms with Crippen LogP contribution < -0.4 is 0 Å². The van der Waals surface area contributed by atoms with Gasteiger partial charge < -0.3 is 4.90 Å². The summed E-state index contributed by atoms with van der Waals surface area (Å²) in [6, 6.07) is 8.69. The van der Waals surface area contributed by atoms with Crippen molar-refractivity contribution < 1.29 is 4.79 Å². The molecule has 2 heterocycles. The number of carbonyl (C=O) groups is 1. The predicted octanol–water partition coefficient (Wildman–Crippen LogP) is 2.32. The number of fused-ring (bicyclic) bond motifs is 1. The summed E-state index contributed by atoms with van der Waals surface area (Å²) in [6.45, 7) is 3.14. The van der Waals surface area contributed by atoms with Gasteiger partial charge in [0.25, 0.3) is 0 Å². The maximum Gasteiger partial charge on any atom is 0.241 e. The van der Waals surface area contributed by atoms with Crippen LogP contribution in [0.3, 0.4) is 0 Å². The second-order valence-electron chi connectivity index (χ2n) is 5.48. The minimum Gasteiger partial charge on any atom is -0.324 e. The first-order chi connectivity index (χ1) is 8.68. The van der Waals surface area contributed by atoms with E-state index in [1.165, 1.54) is 24.0 Å². The highest BCUT2D eigenvalue weighted by Crippen LogP contribution is 2.37.